The Kier molecular flexibility index (Phi) is 8.87. The lowest BCUT2D eigenvalue weighted by Gasteiger charge is -2.35. The van der Waals surface area contributed by atoms with Gasteiger partial charge in [-0.05, 0) is 29.6 Å². The molecule has 1 aromatic heterocycles. The van der Waals surface area contributed by atoms with Gasteiger partial charge in [0.25, 0.3) is 0 Å². The number of hydrogen-bond acceptors (Lipinski definition) is 5. The molecule has 1 aliphatic rings. The van der Waals surface area contributed by atoms with Gasteiger partial charge in [-0.1, -0.05) is 6.07 Å². The fourth-order valence-corrected chi connectivity index (χ4v) is 3.85. The number of thiophene rings is 1. The molecule has 1 saturated heterocycles. The van der Waals surface area contributed by atoms with Crippen molar-refractivity contribution in [2.75, 3.05) is 40.4 Å². The minimum Gasteiger partial charge on any atom is -0.497 e. The highest BCUT2D eigenvalue weighted by atomic mass is 35.5. The van der Waals surface area contributed by atoms with Gasteiger partial charge in [0.15, 0.2) is 0 Å². The molecular weight excluding hydrogens is 367 g/mol. The highest BCUT2D eigenvalue weighted by Crippen LogP contribution is 2.38. The Hall–Kier alpha value is -0.980. The number of ether oxygens (including phenoxy) is 2. The maximum absolute atomic E-state index is 5.62. The van der Waals surface area contributed by atoms with Crippen LogP contribution < -0.4 is 14.8 Å². The second-order valence-corrected chi connectivity index (χ2v) is 6.29. The van der Waals surface area contributed by atoms with Crippen LogP contribution in [0.1, 0.15) is 16.5 Å². The Morgan fingerprint density at radius 3 is 2.42 bits per heavy atom. The first-order valence-electron chi connectivity index (χ1n) is 7.53. The summed E-state index contributed by atoms with van der Waals surface area (Å²) in [7, 11) is 3.44. The van der Waals surface area contributed by atoms with E-state index >= 15 is 0 Å². The fraction of sp³-hybridized carbons (Fsp3) is 0.412. The van der Waals surface area contributed by atoms with Crippen molar-refractivity contribution in [2.45, 2.75) is 6.04 Å². The van der Waals surface area contributed by atoms with Crippen LogP contribution in [0.2, 0.25) is 0 Å². The average molecular weight is 391 g/mol. The maximum atomic E-state index is 5.62. The second-order valence-electron chi connectivity index (χ2n) is 5.31. The largest absolute Gasteiger partial charge is 0.497 e. The van der Waals surface area contributed by atoms with Crippen LogP contribution in [0.5, 0.6) is 11.5 Å². The van der Waals surface area contributed by atoms with E-state index in [1.165, 1.54) is 10.4 Å². The second kappa shape index (κ2) is 10.1. The number of nitrogens with zero attached hydrogens (tertiary/aromatic N) is 1. The van der Waals surface area contributed by atoms with E-state index in [1.54, 1.807) is 25.6 Å². The van der Waals surface area contributed by atoms with Crippen LogP contribution in [0, 0.1) is 0 Å². The third kappa shape index (κ3) is 4.55. The van der Waals surface area contributed by atoms with Gasteiger partial charge in [-0.2, -0.15) is 0 Å². The predicted molar refractivity (Wildman–Crippen MR) is 105 cm³/mol. The van der Waals surface area contributed by atoms with Gasteiger partial charge in [-0.25, -0.2) is 0 Å². The Balaban J connectivity index is 0.00000144. The van der Waals surface area contributed by atoms with Gasteiger partial charge in [0.2, 0.25) is 0 Å². The van der Waals surface area contributed by atoms with Crippen molar-refractivity contribution < 1.29 is 9.47 Å². The fourth-order valence-electron chi connectivity index (χ4n) is 2.97. The summed E-state index contributed by atoms with van der Waals surface area (Å²) in [4.78, 5) is 3.85. The molecule has 2 heterocycles. The molecule has 0 unspecified atom stereocenters. The van der Waals surface area contributed by atoms with Gasteiger partial charge in [0, 0.05) is 36.6 Å². The van der Waals surface area contributed by atoms with Crippen molar-refractivity contribution in [3.8, 4) is 11.5 Å². The van der Waals surface area contributed by atoms with Gasteiger partial charge >= 0.3 is 0 Å². The molecule has 4 nitrogen and oxygen atoms in total. The van der Waals surface area contributed by atoms with Gasteiger partial charge < -0.3 is 14.8 Å². The van der Waals surface area contributed by atoms with Crippen LogP contribution in [0.3, 0.4) is 0 Å². The monoisotopic (exact) mass is 390 g/mol. The number of methoxy groups -OCH3 is 2. The molecule has 3 rings (SSSR count). The summed E-state index contributed by atoms with van der Waals surface area (Å²) < 4.78 is 11.0. The van der Waals surface area contributed by atoms with Crippen molar-refractivity contribution in [1.82, 2.24) is 10.2 Å². The summed E-state index contributed by atoms with van der Waals surface area (Å²) in [6, 6.07) is 10.6. The zero-order valence-corrected chi connectivity index (χ0v) is 16.3. The third-order valence-electron chi connectivity index (χ3n) is 4.06. The first kappa shape index (κ1) is 21.1. The van der Waals surface area contributed by atoms with E-state index in [1.807, 2.05) is 12.1 Å². The van der Waals surface area contributed by atoms with Gasteiger partial charge in [-0.15, -0.1) is 36.2 Å². The topological polar surface area (TPSA) is 33.7 Å². The molecule has 2 aromatic rings. The number of benzene rings is 1. The number of halogens is 2. The molecule has 1 fully saturated rings. The first-order chi connectivity index (χ1) is 10.8. The molecule has 1 aliphatic heterocycles. The molecule has 0 bridgehead atoms. The summed E-state index contributed by atoms with van der Waals surface area (Å²) in [6.07, 6.45) is 0. The van der Waals surface area contributed by atoms with Crippen molar-refractivity contribution in [3.63, 3.8) is 0 Å². The molecule has 0 aliphatic carbocycles. The van der Waals surface area contributed by atoms with E-state index in [2.05, 4.69) is 33.8 Å². The Morgan fingerprint density at radius 2 is 1.83 bits per heavy atom. The SMILES string of the molecule is COc1ccc(OC)c([C@H](c2cccs2)N2CCNCC2)c1.Cl.Cl. The maximum Gasteiger partial charge on any atom is 0.124 e. The van der Waals surface area contributed by atoms with Crippen LogP contribution in [0.4, 0.5) is 0 Å². The van der Waals surface area contributed by atoms with Gasteiger partial charge in [0.05, 0.1) is 20.3 Å². The first-order valence-corrected chi connectivity index (χ1v) is 8.41. The quantitative estimate of drug-likeness (QED) is 0.845. The molecule has 24 heavy (non-hydrogen) atoms. The van der Waals surface area contributed by atoms with Crippen molar-refractivity contribution >= 4 is 36.2 Å². The Labute approximate surface area is 160 Å². The van der Waals surface area contributed by atoms with E-state index in [9.17, 15) is 0 Å². The number of hydrogen-bond donors (Lipinski definition) is 1. The van der Waals surface area contributed by atoms with Crippen molar-refractivity contribution in [3.05, 3.63) is 46.2 Å². The number of nitrogens with one attached hydrogen (secondary N) is 1. The third-order valence-corrected chi connectivity index (χ3v) is 4.99. The zero-order chi connectivity index (χ0) is 15.4. The van der Waals surface area contributed by atoms with Gasteiger partial charge in [-0.3, -0.25) is 4.90 Å². The molecule has 1 N–H and O–H groups in total. The van der Waals surface area contributed by atoms with Crippen LogP contribution in [-0.4, -0.2) is 45.3 Å². The summed E-state index contributed by atoms with van der Waals surface area (Å²) in [5, 5.41) is 5.56. The van der Waals surface area contributed by atoms with E-state index in [4.69, 9.17) is 9.47 Å². The predicted octanol–water partition coefficient (Wildman–Crippen LogP) is 3.60. The molecule has 0 amide bonds. The smallest absolute Gasteiger partial charge is 0.124 e. The van der Waals surface area contributed by atoms with Crippen LogP contribution in [0.15, 0.2) is 35.7 Å². The molecule has 7 heteroatoms. The molecule has 0 saturated carbocycles. The lowest BCUT2D eigenvalue weighted by molar-refractivity contribution is 0.197. The van der Waals surface area contributed by atoms with Crippen molar-refractivity contribution in [1.29, 1.82) is 0 Å². The summed E-state index contributed by atoms with van der Waals surface area (Å²) in [6.45, 7) is 4.11. The lowest BCUT2D eigenvalue weighted by atomic mass is 10.0. The lowest BCUT2D eigenvalue weighted by Crippen LogP contribution is -2.45. The zero-order valence-electron chi connectivity index (χ0n) is 13.9. The van der Waals surface area contributed by atoms with Crippen LogP contribution in [0.25, 0.3) is 0 Å². The minimum absolute atomic E-state index is 0. The Bertz CT molecular complexity index is 605. The van der Waals surface area contributed by atoms with E-state index in [-0.39, 0.29) is 30.9 Å². The Morgan fingerprint density at radius 1 is 1.08 bits per heavy atom. The van der Waals surface area contributed by atoms with E-state index in [0.717, 1.165) is 37.7 Å². The summed E-state index contributed by atoms with van der Waals surface area (Å²) >= 11 is 1.79. The highest BCUT2D eigenvalue weighted by Gasteiger charge is 2.27. The van der Waals surface area contributed by atoms with Gasteiger partial charge in [0.1, 0.15) is 11.5 Å². The average Bonchev–Trinajstić information content (AvgIpc) is 3.10. The van der Waals surface area contributed by atoms with Crippen LogP contribution >= 0.6 is 36.2 Å². The molecule has 1 aromatic carbocycles. The minimum atomic E-state index is 0. The normalized spacial score (nSPS) is 15.8. The van der Waals surface area contributed by atoms with Crippen LogP contribution in [-0.2, 0) is 0 Å². The highest BCUT2D eigenvalue weighted by molar-refractivity contribution is 7.10. The molecular formula is C17H24Cl2N2O2S. The standard InChI is InChI=1S/C17H22N2O2S.2ClH/c1-20-13-5-6-15(21-2)14(12-13)17(16-4-3-11-22-16)19-9-7-18-8-10-19;;/h3-6,11-12,17-18H,7-10H2,1-2H3;2*1H/t17-;;/m1../s1. The molecule has 134 valence electrons. The summed E-state index contributed by atoms with van der Waals surface area (Å²) in [5.74, 6) is 1.78. The number of rotatable bonds is 5. The molecule has 1 atom stereocenters. The summed E-state index contributed by atoms with van der Waals surface area (Å²) in [5.41, 5.74) is 1.17. The molecule has 0 radical (unpaired) electrons. The van der Waals surface area contributed by atoms with E-state index < -0.39 is 0 Å². The number of piperazine rings is 1. The van der Waals surface area contributed by atoms with Crippen molar-refractivity contribution in [2.24, 2.45) is 0 Å². The molecule has 0 spiro atoms. The van der Waals surface area contributed by atoms with E-state index in [0.29, 0.717) is 0 Å².